The molecule has 1 amide bonds. The lowest BCUT2D eigenvalue weighted by atomic mass is 9.96. The van der Waals surface area contributed by atoms with Crippen molar-refractivity contribution in [2.24, 2.45) is 0 Å². The standard InChI is InChI=1S/C26H23ClN2O5/c1-32-17-7-5-16(6-8-17)24(21-14-22(27)20-4-3-13-28-25(20)26(21)31)29-23(30)15-34-19-11-9-18(33-2)10-12-19/h3-14,24,31H,15H2,1-2H3,(H,29,30). The van der Waals surface area contributed by atoms with Gasteiger partial charge in [0.05, 0.1) is 25.3 Å². The third-order valence-corrected chi connectivity index (χ3v) is 5.65. The Hall–Kier alpha value is -3.97. The van der Waals surface area contributed by atoms with E-state index in [1.165, 1.54) is 0 Å². The minimum Gasteiger partial charge on any atom is -0.505 e. The van der Waals surface area contributed by atoms with Gasteiger partial charge in [0.1, 0.15) is 28.5 Å². The Kier molecular flexibility index (Phi) is 7.04. The Bertz CT molecular complexity index is 1290. The number of aromatic hydroxyl groups is 1. The number of phenols is 1. The van der Waals surface area contributed by atoms with E-state index in [0.29, 0.717) is 38.7 Å². The van der Waals surface area contributed by atoms with Crippen LogP contribution >= 0.6 is 11.6 Å². The molecule has 1 heterocycles. The average molecular weight is 479 g/mol. The third kappa shape index (κ3) is 5.00. The van der Waals surface area contributed by atoms with Gasteiger partial charge in [-0.3, -0.25) is 9.78 Å². The Morgan fingerprint density at radius 1 is 1.00 bits per heavy atom. The van der Waals surface area contributed by atoms with Crippen molar-refractivity contribution in [3.8, 4) is 23.0 Å². The van der Waals surface area contributed by atoms with Crippen molar-refractivity contribution < 1.29 is 24.1 Å². The van der Waals surface area contributed by atoms with E-state index >= 15 is 0 Å². The van der Waals surface area contributed by atoms with E-state index in [1.807, 2.05) is 12.1 Å². The molecule has 1 atom stereocenters. The summed E-state index contributed by atoms with van der Waals surface area (Å²) in [7, 11) is 3.15. The van der Waals surface area contributed by atoms with Gasteiger partial charge < -0.3 is 24.6 Å². The van der Waals surface area contributed by atoms with Crippen molar-refractivity contribution in [3.63, 3.8) is 0 Å². The van der Waals surface area contributed by atoms with Crippen LogP contribution in [0.25, 0.3) is 10.9 Å². The number of nitrogens with zero attached hydrogens (tertiary/aromatic N) is 1. The molecule has 174 valence electrons. The average Bonchev–Trinajstić information content (AvgIpc) is 2.88. The molecule has 1 aromatic heterocycles. The lowest BCUT2D eigenvalue weighted by Crippen LogP contribution is -2.33. The van der Waals surface area contributed by atoms with Crippen molar-refractivity contribution in [2.75, 3.05) is 20.8 Å². The van der Waals surface area contributed by atoms with E-state index in [2.05, 4.69) is 10.3 Å². The molecule has 4 rings (SSSR count). The van der Waals surface area contributed by atoms with E-state index in [1.54, 1.807) is 75.0 Å². The fraction of sp³-hybridized carbons (Fsp3) is 0.154. The van der Waals surface area contributed by atoms with E-state index in [9.17, 15) is 9.90 Å². The molecule has 0 fully saturated rings. The van der Waals surface area contributed by atoms with Crippen molar-refractivity contribution in [1.82, 2.24) is 10.3 Å². The fourth-order valence-corrected chi connectivity index (χ4v) is 3.86. The first-order valence-electron chi connectivity index (χ1n) is 10.5. The highest BCUT2D eigenvalue weighted by molar-refractivity contribution is 6.35. The van der Waals surface area contributed by atoms with Gasteiger partial charge in [-0.15, -0.1) is 0 Å². The zero-order valence-corrected chi connectivity index (χ0v) is 19.4. The zero-order valence-electron chi connectivity index (χ0n) is 18.6. The van der Waals surface area contributed by atoms with Gasteiger partial charge in [0.15, 0.2) is 6.61 Å². The highest BCUT2D eigenvalue weighted by Gasteiger charge is 2.23. The first-order chi connectivity index (χ1) is 16.5. The first-order valence-corrected chi connectivity index (χ1v) is 10.8. The van der Waals surface area contributed by atoms with Gasteiger partial charge >= 0.3 is 0 Å². The number of hydrogen-bond donors (Lipinski definition) is 2. The molecule has 3 aromatic carbocycles. The van der Waals surface area contributed by atoms with E-state index in [4.69, 9.17) is 25.8 Å². The lowest BCUT2D eigenvalue weighted by molar-refractivity contribution is -0.123. The predicted octanol–water partition coefficient (Wildman–Crippen LogP) is 4.90. The number of methoxy groups -OCH3 is 2. The number of pyridine rings is 1. The van der Waals surface area contributed by atoms with Gasteiger partial charge in [-0.25, -0.2) is 0 Å². The molecule has 0 bridgehead atoms. The number of phenolic OH excluding ortho intramolecular Hbond substituents is 1. The van der Waals surface area contributed by atoms with Gasteiger partial charge in [0.25, 0.3) is 5.91 Å². The summed E-state index contributed by atoms with van der Waals surface area (Å²) in [5, 5.41) is 15.0. The van der Waals surface area contributed by atoms with Gasteiger partial charge in [-0.2, -0.15) is 0 Å². The second kappa shape index (κ2) is 10.3. The summed E-state index contributed by atoms with van der Waals surface area (Å²) in [4.78, 5) is 17.1. The number of ether oxygens (including phenoxy) is 3. The second-order valence-corrected chi connectivity index (χ2v) is 7.84. The molecule has 0 saturated carbocycles. The van der Waals surface area contributed by atoms with Gasteiger partial charge in [-0.05, 0) is 60.2 Å². The number of halogens is 1. The summed E-state index contributed by atoms with van der Waals surface area (Å²) in [6.07, 6.45) is 1.58. The molecule has 0 aliphatic heterocycles. The highest BCUT2D eigenvalue weighted by atomic mass is 35.5. The summed E-state index contributed by atoms with van der Waals surface area (Å²) >= 11 is 6.50. The van der Waals surface area contributed by atoms with Crippen LogP contribution in [-0.2, 0) is 4.79 Å². The summed E-state index contributed by atoms with van der Waals surface area (Å²) in [5.74, 6) is 1.44. The number of amides is 1. The van der Waals surface area contributed by atoms with Crippen LogP contribution in [0.1, 0.15) is 17.2 Å². The summed E-state index contributed by atoms with van der Waals surface area (Å²) in [5.41, 5.74) is 1.49. The minimum absolute atomic E-state index is 0.0582. The van der Waals surface area contributed by atoms with Crippen LogP contribution in [0.15, 0.2) is 72.9 Å². The molecular weight excluding hydrogens is 456 g/mol. The van der Waals surface area contributed by atoms with Crippen molar-refractivity contribution in [1.29, 1.82) is 0 Å². The third-order valence-electron chi connectivity index (χ3n) is 5.34. The van der Waals surface area contributed by atoms with Crippen molar-refractivity contribution >= 4 is 28.4 Å². The topological polar surface area (TPSA) is 89.9 Å². The molecule has 4 aromatic rings. The summed E-state index contributed by atoms with van der Waals surface area (Å²) in [6.45, 7) is -0.223. The Labute approximate surface area is 201 Å². The van der Waals surface area contributed by atoms with Crippen molar-refractivity contribution in [2.45, 2.75) is 6.04 Å². The maximum Gasteiger partial charge on any atom is 0.258 e. The molecule has 0 spiro atoms. The first kappa shape index (κ1) is 23.2. The molecular formula is C26H23ClN2O5. The molecule has 7 nitrogen and oxygen atoms in total. The largest absolute Gasteiger partial charge is 0.505 e. The number of rotatable bonds is 8. The SMILES string of the molecule is COc1ccc(OCC(=O)NC(c2ccc(OC)cc2)c2cc(Cl)c3cccnc3c2O)cc1. The monoisotopic (exact) mass is 478 g/mol. The van der Waals surface area contributed by atoms with Gasteiger partial charge in [-0.1, -0.05) is 23.7 Å². The summed E-state index contributed by atoms with van der Waals surface area (Å²) in [6, 6.07) is 18.5. The highest BCUT2D eigenvalue weighted by Crippen LogP contribution is 2.38. The van der Waals surface area contributed by atoms with Crippen LogP contribution < -0.4 is 19.5 Å². The zero-order chi connectivity index (χ0) is 24.1. The molecule has 34 heavy (non-hydrogen) atoms. The number of hydrogen-bond acceptors (Lipinski definition) is 6. The Balaban J connectivity index is 1.64. The van der Waals surface area contributed by atoms with Crippen LogP contribution in [-0.4, -0.2) is 36.8 Å². The molecule has 0 aliphatic carbocycles. The molecule has 2 N–H and O–H groups in total. The fourth-order valence-electron chi connectivity index (χ4n) is 3.59. The normalized spacial score (nSPS) is 11.6. The van der Waals surface area contributed by atoms with E-state index in [0.717, 1.165) is 5.56 Å². The Morgan fingerprint density at radius 3 is 2.26 bits per heavy atom. The smallest absolute Gasteiger partial charge is 0.258 e. The predicted molar refractivity (Wildman–Crippen MR) is 130 cm³/mol. The number of benzene rings is 3. The van der Waals surface area contributed by atoms with Gasteiger partial charge in [0.2, 0.25) is 0 Å². The van der Waals surface area contributed by atoms with Crippen LogP contribution in [0, 0.1) is 0 Å². The second-order valence-electron chi connectivity index (χ2n) is 7.43. The number of nitrogens with one attached hydrogen (secondary N) is 1. The van der Waals surface area contributed by atoms with E-state index < -0.39 is 6.04 Å². The molecule has 0 radical (unpaired) electrons. The quantitative estimate of drug-likeness (QED) is 0.374. The van der Waals surface area contributed by atoms with Crippen LogP contribution in [0.4, 0.5) is 0 Å². The molecule has 1 unspecified atom stereocenters. The minimum atomic E-state index is -0.707. The number of carbonyl (C=O) groups excluding carboxylic acids is 1. The maximum absolute atomic E-state index is 12.9. The van der Waals surface area contributed by atoms with Gasteiger partial charge in [0, 0.05) is 17.1 Å². The molecule has 0 saturated heterocycles. The number of carbonyl (C=O) groups is 1. The Morgan fingerprint density at radius 2 is 1.62 bits per heavy atom. The number of aromatic nitrogens is 1. The lowest BCUT2D eigenvalue weighted by Gasteiger charge is -2.22. The summed E-state index contributed by atoms with van der Waals surface area (Å²) < 4.78 is 16.0. The van der Waals surface area contributed by atoms with Crippen LogP contribution in [0.2, 0.25) is 5.02 Å². The van der Waals surface area contributed by atoms with Crippen LogP contribution in [0.5, 0.6) is 23.0 Å². The maximum atomic E-state index is 12.9. The number of fused-ring (bicyclic) bond motifs is 1. The molecule has 8 heteroatoms. The molecule has 0 aliphatic rings. The van der Waals surface area contributed by atoms with Crippen LogP contribution in [0.3, 0.4) is 0 Å². The van der Waals surface area contributed by atoms with Crippen molar-refractivity contribution in [3.05, 3.63) is 89.1 Å². The van der Waals surface area contributed by atoms with E-state index in [-0.39, 0.29) is 18.3 Å².